The number of carboxylic acids is 1. The van der Waals surface area contributed by atoms with Gasteiger partial charge in [-0.05, 0) is 31.9 Å². The number of carboxylic acid groups (broad SMARTS) is 1. The molecule has 0 saturated carbocycles. The van der Waals surface area contributed by atoms with Crippen LogP contribution in [0.3, 0.4) is 0 Å². The van der Waals surface area contributed by atoms with Gasteiger partial charge in [0.2, 0.25) is 5.60 Å². The third-order valence-electron chi connectivity index (χ3n) is 4.78. The average Bonchev–Trinajstić information content (AvgIpc) is 3.18. The minimum absolute atomic E-state index is 0.0415. The Balaban J connectivity index is 1.85. The molecule has 1 aliphatic rings. The summed E-state index contributed by atoms with van der Waals surface area (Å²) in [4.78, 5) is 45.8. The van der Waals surface area contributed by atoms with E-state index in [1.807, 2.05) is 0 Å². The molecule has 1 aliphatic heterocycles. The van der Waals surface area contributed by atoms with Gasteiger partial charge >= 0.3 is 13.1 Å². The van der Waals surface area contributed by atoms with E-state index in [2.05, 4.69) is 20.8 Å². The van der Waals surface area contributed by atoms with Crippen LogP contribution in [0.15, 0.2) is 28.7 Å². The molecule has 6 N–H and O–H groups in total. The Morgan fingerprint density at radius 2 is 2.12 bits per heavy atom. The number of benzene rings is 1. The highest BCUT2D eigenvalue weighted by molar-refractivity contribution is 7.13. The van der Waals surface area contributed by atoms with Gasteiger partial charge in [0, 0.05) is 12.4 Å². The number of aromatic nitrogens is 1. The van der Waals surface area contributed by atoms with Crippen molar-refractivity contribution in [1.29, 1.82) is 0 Å². The van der Waals surface area contributed by atoms with Crippen molar-refractivity contribution in [3.8, 4) is 5.75 Å². The third kappa shape index (κ3) is 5.23. The number of rotatable bonds is 7. The van der Waals surface area contributed by atoms with Crippen LogP contribution >= 0.6 is 11.3 Å². The van der Waals surface area contributed by atoms with Crippen molar-refractivity contribution >= 4 is 47.1 Å². The average molecular weight is 475 g/mol. The predicted octanol–water partition coefficient (Wildman–Crippen LogP) is -0.192. The molecule has 33 heavy (non-hydrogen) atoms. The molecule has 174 valence electrons. The van der Waals surface area contributed by atoms with Crippen LogP contribution in [-0.2, 0) is 20.8 Å². The zero-order valence-electron chi connectivity index (χ0n) is 18.0. The number of anilines is 1. The highest BCUT2D eigenvalue weighted by Crippen LogP contribution is 2.30. The van der Waals surface area contributed by atoms with Gasteiger partial charge in [0.25, 0.3) is 11.8 Å². The van der Waals surface area contributed by atoms with Crippen LogP contribution in [0.25, 0.3) is 0 Å². The van der Waals surface area contributed by atoms with Crippen LogP contribution in [0.1, 0.15) is 35.5 Å². The number of hydrogen-bond acceptors (Lipinski definition) is 10. The molecule has 14 heteroatoms. The van der Waals surface area contributed by atoms with Gasteiger partial charge in [-0.2, -0.15) is 0 Å². The van der Waals surface area contributed by atoms with Crippen molar-refractivity contribution in [2.24, 2.45) is 5.16 Å². The number of carbonyl (C=O) groups is 3. The number of para-hydroxylation sites is 1. The maximum Gasteiger partial charge on any atom is 0.547 e. The second-order valence-corrected chi connectivity index (χ2v) is 8.47. The molecule has 2 amide bonds. The molecule has 0 radical (unpaired) electrons. The minimum atomic E-state index is -1.52. The number of hydrogen-bond donors (Lipinski definition) is 5. The maximum atomic E-state index is 13.1. The first kappa shape index (κ1) is 24.0. The number of carbonyl (C=O) groups excluding carboxylic acids is 2. The number of nitrogens with one attached hydrogen (secondary N) is 2. The van der Waals surface area contributed by atoms with Crippen LogP contribution < -0.4 is 21.0 Å². The topological polar surface area (TPSA) is 185 Å². The summed E-state index contributed by atoms with van der Waals surface area (Å²) in [5, 5.41) is 30.3. The Kier molecular flexibility index (Phi) is 6.88. The largest absolute Gasteiger partial charge is 0.547 e. The van der Waals surface area contributed by atoms with Crippen molar-refractivity contribution in [2.45, 2.75) is 31.8 Å². The van der Waals surface area contributed by atoms with Gasteiger partial charge in [0.05, 0.1) is 11.5 Å². The smallest absolute Gasteiger partial charge is 0.534 e. The zero-order valence-corrected chi connectivity index (χ0v) is 18.8. The summed E-state index contributed by atoms with van der Waals surface area (Å²) < 4.78 is 5.39. The summed E-state index contributed by atoms with van der Waals surface area (Å²) in [6.07, 6.45) is 0.0977. The Morgan fingerprint density at radius 1 is 1.39 bits per heavy atom. The van der Waals surface area contributed by atoms with Crippen molar-refractivity contribution < 1.29 is 34.0 Å². The van der Waals surface area contributed by atoms with Gasteiger partial charge in [-0.15, -0.1) is 11.3 Å². The van der Waals surface area contributed by atoms with E-state index in [1.165, 1.54) is 32.3 Å². The van der Waals surface area contributed by atoms with Crippen molar-refractivity contribution in [1.82, 2.24) is 15.6 Å². The highest BCUT2D eigenvalue weighted by atomic mass is 32.1. The second kappa shape index (κ2) is 9.46. The van der Waals surface area contributed by atoms with E-state index >= 15 is 0 Å². The number of thiazole rings is 1. The first-order valence-electron chi connectivity index (χ1n) is 9.74. The first-order valence-corrected chi connectivity index (χ1v) is 10.6. The van der Waals surface area contributed by atoms with Crippen LogP contribution in [0.5, 0.6) is 5.75 Å². The predicted molar refractivity (Wildman–Crippen MR) is 120 cm³/mol. The van der Waals surface area contributed by atoms with Gasteiger partial charge < -0.3 is 36.0 Å². The van der Waals surface area contributed by atoms with Gasteiger partial charge in [0.1, 0.15) is 11.4 Å². The third-order valence-corrected chi connectivity index (χ3v) is 5.46. The number of nitrogen functional groups attached to an aromatic ring is 1. The van der Waals surface area contributed by atoms with Crippen molar-refractivity contribution in [3.05, 3.63) is 40.4 Å². The second-order valence-electron chi connectivity index (χ2n) is 7.58. The van der Waals surface area contributed by atoms with E-state index in [0.717, 1.165) is 11.3 Å². The lowest BCUT2D eigenvalue weighted by atomic mass is 9.72. The zero-order chi connectivity index (χ0) is 24.3. The Labute approximate surface area is 192 Å². The fourth-order valence-corrected chi connectivity index (χ4v) is 3.60. The number of aromatic carboxylic acids is 1. The van der Waals surface area contributed by atoms with E-state index in [1.54, 1.807) is 12.1 Å². The van der Waals surface area contributed by atoms with Crippen molar-refractivity contribution in [3.63, 3.8) is 0 Å². The molecular weight excluding hydrogens is 453 g/mol. The van der Waals surface area contributed by atoms with Crippen LogP contribution in [0, 0.1) is 0 Å². The van der Waals surface area contributed by atoms with Crippen LogP contribution in [0.2, 0.25) is 0 Å². The van der Waals surface area contributed by atoms with Gasteiger partial charge in [-0.3, -0.25) is 9.59 Å². The molecule has 1 aromatic carbocycles. The molecule has 2 aromatic rings. The summed E-state index contributed by atoms with van der Waals surface area (Å²) in [5.41, 5.74) is 4.54. The molecule has 0 spiro atoms. The van der Waals surface area contributed by atoms with Gasteiger partial charge in [0.15, 0.2) is 10.8 Å². The fourth-order valence-electron chi connectivity index (χ4n) is 3.06. The summed E-state index contributed by atoms with van der Waals surface area (Å²) >= 11 is 1.08. The molecule has 0 aliphatic carbocycles. The molecule has 12 nitrogen and oxygen atoms in total. The number of likely N-dealkylation sites (N-methyl/N-ethyl adjacent to an activating group) is 1. The van der Waals surface area contributed by atoms with Crippen LogP contribution in [0.4, 0.5) is 5.13 Å². The molecule has 0 bridgehead atoms. The fraction of sp³-hybridized carbons (Fsp3) is 0.316. The van der Waals surface area contributed by atoms with Crippen LogP contribution in [-0.4, -0.2) is 64.3 Å². The summed E-state index contributed by atoms with van der Waals surface area (Å²) in [6, 6.07) is 4.54. The Morgan fingerprint density at radius 3 is 2.73 bits per heavy atom. The van der Waals surface area contributed by atoms with Gasteiger partial charge in [-0.25, -0.2) is 9.78 Å². The van der Waals surface area contributed by atoms with Crippen molar-refractivity contribution in [2.75, 3.05) is 12.8 Å². The van der Waals surface area contributed by atoms with E-state index in [-0.39, 0.29) is 34.3 Å². The Bertz CT molecular complexity index is 1120. The van der Waals surface area contributed by atoms with E-state index in [9.17, 15) is 24.5 Å². The lowest BCUT2D eigenvalue weighted by Crippen LogP contribution is -2.54. The molecule has 0 fully saturated rings. The molecule has 1 aromatic heterocycles. The number of nitrogens with zero attached hydrogens (tertiary/aromatic N) is 2. The maximum absolute atomic E-state index is 13.1. The molecule has 1 atom stereocenters. The Hall–Kier alpha value is -3.65. The monoisotopic (exact) mass is 475 g/mol. The lowest BCUT2D eigenvalue weighted by molar-refractivity contribution is -0.142. The highest BCUT2D eigenvalue weighted by Gasteiger charge is 2.39. The summed E-state index contributed by atoms with van der Waals surface area (Å²) in [7, 11) is -0.0869. The summed E-state index contributed by atoms with van der Waals surface area (Å²) in [5.74, 6) is -3.32. The first-order chi connectivity index (χ1) is 15.5. The number of nitrogens with two attached hydrogens (primary N) is 1. The van der Waals surface area contributed by atoms with E-state index < -0.39 is 36.4 Å². The lowest BCUT2D eigenvalue weighted by Gasteiger charge is -2.29. The molecule has 2 heterocycles. The number of oxime groups is 1. The van der Waals surface area contributed by atoms with E-state index in [4.69, 9.17) is 15.2 Å². The normalized spacial score (nSPS) is 15.8. The standard InChI is InChI=1S/C19H22BN5O7S/c1-19(2,17(29)22-3)32-25-13(11-8-33-18(21)23-11)15(26)24-12-7-9-5-4-6-10(16(27)28)14(9)31-20(12)30/h4-6,8,12,30H,7H2,1-3H3,(H2,21,23)(H,22,29)(H,24,26)(H,27,28)/b25-13-/t12-/m0/s1. The quantitative estimate of drug-likeness (QED) is 0.206. The molecular formula is C19H22BN5O7S. The molecule has 0 unspecified atom stereocenters. The van der Waals surface area contributed by atoms with E-state index in [0.29, 0.717) is 5.56 Å². The molecule has 0 saturated heterocycles. The summed E-state index contributed by atoms with van der Waals surface area (Å²) in [6.45, 7) is 2.94. The number of amides is 2. The SMILES string of the molecule is CNC(=O)C(C)(C)O/N=C(\C(=O)N[C@H]1Cc2cccc(C(=O)O)c2OB1O)c1csc(N)n1. The van der Waals surface area contributed by atoms with Gasteiger partial charge in [-0.1, -0.05) is 17.3 Å². The minimum Gasteiger partial charge on any atom is -0.534 e. The number of fused-ring (bicyclic) bond motifs is 1. The molecule has 3 rings (SSSR count).